The number of unbranched alkanes of at least 4 members (excludes halogenated alkanes) is 1. The lowest BCUT2D eigenvalue weighted by Crippen LogP contribution is -2.14. The highest BCUT2D eigenvalue weighted by Gasteiger charge is 2.34. The largest absolute Gasteiger partial charge is 0.461 e. The van der Waals surface area contributed by atoms with Crippen LogP contribution in [0.2, 0.25) is 0 Å². The van der Waals surface area contributed by atoms with Crippen molar-refractivity contribution in [2.24, 2.45) is 11.8 Å². The summed E-state index contributed by atoms with van der Waals surface area (Å²) in [4.78, 5) is 22.9. The standard InChI is InChI=1S/C15H24O5/c1-10(2)6-4-5-7-13(20-11(3)17)14-12(8-16)9-19-15(14)18/h10,12,16H,4-9H2,1-3H3/b14-13+/t12-/m0/s1. The van der Waals surface area contributed by atoms with Gasteiger partial charge in [-0.15, -0.1) is 0 Å². The number of carbonyl (C=O) groups is 2. The zero-order chi connectivity index (χ0) is 15.1. The summed E-state index contributed by atoms with van der Waals surface area (Å²) in [7, 11) is 0. The predicted octanol–water partition coefficient (Wildman–Crippen LogP) is 2.19. The van der Waals surface area contributed by atoms with Crippen molar-refractivity contribution in [3.05, 3.63) is 11.3 Å². The number of aliphatic hydroxyl groups is 1. The van der Waals surface area contributed by atoms with Gasteiger partial charge in [0.15, 0.2) is 0 Å². The molecule has 0 aromatic heterocycles. The van der Waals surface area contributed by atoms with Crippen LogP contribution < -0.4 is 0 Å². The molecule has 1 heterocycles. The zero-order valence-corrected chi connectivity index (χ0v) is 12.5. The Morgan fingerprint density at radius 1 is 1.45 bits per heavy atom. The number of ether oxygens (including phenoxy) is 2. The molecule has 1 aliphatic heterocycles. The molecule has 0 unspecified atom stereocenters. The number of cyclic esters (lactones) is 1. The number of hydrogen-bond donors (Lipinski definition) is 1. The number of rotatable bonds is 7. The fourth-order valence-corrected chi connectivity index (χ4v) is 2.24. The summed E-state index contributed by atoms with van der Waals surface area (Å²) < 4.78 is 10.1. The van der Waals surface area contributed by atoms with Gasteiger partial charge in [0, 0.05) is 13.3 Å². The number of esters is 2. The first-order valence-corrected chi connectivity index (χ1v) is 7.15. The van der Waals surface area contributed by atoms with E-state index in [0.29, 0.717) is 23.7 Å². The molecule has 5 nitrogen and oxygen atoms in total. The quantitative estimate of drug-likeness (QED) is 0.336. The van der Waals surface area contributed by atoms with E-state index in [1.807, 2.05) is 0 Å². The maximum atomic E-state index is 11.7. The van der Waals surface area contributed by atoms with Crippen LogP contribution >= 0.6 is 0 Å². The maximum absolute atomic E-state index is 11.7. The molecule has 0 bridgehead atoms. The van der Waals surface area contributed by atoms with Crippen LogP contribution in [0.15, 0.2) is 11.3 Å². The molecule has 0 aromatic carbocycles. The summed E-state index contributed by atoms with van der Waals surface area (Å²) in [5.74, 6) is -0.330. The van der Waals surface area contributed by atoms with Gasteiger partial charge in [-0.2, -0.15) is 0 Å². The second-order valence-electron chi connectivity index (χ2n) is 5.55. The van der Waals surface area contributed by atoms with Gasteiger partial charge in [-0.1, -0.05) is 26.7 Å². The summed E-state index contributed by atoms with van der Waals surface area (Å²) in [6.45, 7) is 5.59. The van der Waals surface area contributed by atoms with Gasteiger partial charge in [-0.3, -0.25) is 4.79 Å². The smallest absolute Gasteiger partial charge is 0.337 e. The lowest BCUT2D eigenvalue weighted by molar-refractivity contribution is -0.137. The van der Waals surface area contributed by atoms with Crippen molar-refractivity contribution in [1.29, 1.82) is 0 Å². The average molecular weight is 284 g/mol. The van der Waals surface area contributed by atoms with Crippen LogP contribution in [0.4, 0.5) is 0 Å². The topological polar surface area (TPSA) is 72.8 Å². The molecule has 1 N–H and O–H groups in total. The van der Waals surface area contributed by atoms with Crippen molar-refractivity contribution in [2.45, 2.75) is 46.5 Å². The molecule has 1 rings (SSSR count). The van der Waals surface area contributed by atoms with E-state index in [9.17, 15) is 14.7 Å². The molecule has 1 aliphatic rings. The first kappa shape index (κ1) is 16.7. The van der Waals surface area contributed by atoms with Gasteiger partial charge in [0.1, 0.15) is 12.4 Å². The fraction of sp³-hybridized carbons (Fsp3) is 0.733. The van der Waals surface area contributed by atoms with Crippen LogP contribution in [0.5, 0.6) is 0 Å². The third-order valence-corrected chi connectivity index (χ3v) is 3.27. The highest BCUT2D eigenvalue weighted by molar-refractivity contribution is 5.92. The normalized spacial score (nSPS) is 21.1. The highest BCUT2D eigenvalue weighted by atomic mass is 16.6. The first-order valence-electron chi connectivity index (χ1n) is 7.15. The summed E-state index contributed by atoms with van der Waals surface area (Å²) in [5, 5.41) is 9.27. The van der Waals surface area contributed by atoms with Crippen molar-refractivity contribution in [3.63, 3.8) is 0 Å². The first-order chi connectivity index (χ1) is 9.45. The molecule has 0 amide bonds. The van der Waals surface area contributed by atoms with E-state index >= 15 is 0 Å². The molecule has 1 atom stereocenters. The van der Waals surface area contributed by atoms with Crippen LogP contribution in [0.3, 0.4) is 0 Å². The third-order valence-electron chi connectivity index (χ3n) is 3.27. The van der Waals surface area contributed by atoms with Crippen LogP contribution in [-0.4, -0.2) is 30.3 Å². The van der Waals surface area contributed by atoms with Gasteiger partial charge >= 0.3 is 11.9 Å². The number of carbonyl (C=O) groups excluding carboxylic acids is 2. The molecule has 1 fully saturated rings. The maximum Gasteiger partial charge on any atom is 0.337 e. The predicted molar refractivity (Wildman–Crippen MR) is 73.6 cm³/mol. The van der Waals surface area contributed by atoms with Crippen molar-refractivity contribution in [2.75, 3.05) is 13.2 Å². The molecule has 0 aliphatic carbocycles. The number of allylic oxidation sites excluding steroid dienone is 1. The van der Waals surface area contributed by atoms with Crippen molar-refractivity contribution >= 4 is 11.9 Å². The molecule has 0 radical (unpaired) electrons. The van der Waals surface area contributed by atoms with Gasteiger partial charge in [0.25, 0.3) is 0 Å². The minimum atomic E-state index is -0.482. The van der Waals surface area contributed by atoms with Crippen LogP contribution in [0.1, 0.15) is 46.5 Å². The van der Waals surface area contributed by atoms with Gasteiger partial charge in [-0.25, -0.2) is 4.79 Å². The minimum Gasteiger partial charge on any atom is -0.461 e. The number of aliphatic hydroxyl groups excluding tert-OH is 1. The molecule has 0 spiro atoms. The van der Waals surface area contributed by atoms with Crippen LogP contribution in [0, 0.1) is 11.8 Å². The van der Waals surface area contributed by atoms with E-state index in [1.165, 1.54) is 6.92 Å². The fourth-order valence-electron chi connectivity index (χ4n) is 2.24. The molecular weight excluding hydrogens is 260 g/mol. The van der Waals surface area contributed by atoms with Crippen LogP contribution in [-0.2, 0) is 19.1 Å². The number of hydrogen-bond acceptors (Lipinski definition) is 5. The molecule has 20 heavy (non-hydrogen) atoms. The van der Waals surface area contributed by atoms with Gasteiger partial charge in [-0.05, 0) is 12.3 Å². The molecule has 0 saturated carbocycles. The van der Waals surface area contributed by atoms with Crippen molar-refractivity contribution < 1.29 is 24.2 Å². The van der Waals surface area contributed by atoms with Crippen molar-refractivity contribution in [1.82, 2.24) is 0 Å². The van der Waals surface area contributed by atoms with E-state index in [1.54, 1.807) is 0 Å². The zero-order valence-electron chi connectivity index (χ0n) is 12.5. The lowest BCUT2D eigenvalue weighted by Gasteiger charge is -2.12. The molecule has 0 aromatic rings. The van der Waals surface area contributed by atoms with Gasteiger partial charge < -0.3 is 14.6 Å². The average Bonchev–Trinajstić information content (AvgIpc) is 2.73. The lowest BCUT2D eigenvalue weighted by atomic mass is 9.98. The second kappa shape index (κ2) is 8.04. The molecule has 1 saturated heterocycles. The highest BCUT2D eigenvalue weighted by Crippen LogP contribution is 2.28. The second-order valence-corrected chi connectivity index (χ2v) is 5.55. The summed E-state index contributed by atoms with van der Waals surface area (Å²) in [6.07, 6.45) is 3.47. The Hall–Kier alpha value is -1.36. The molecular formula is C15H24O5. The minimum absolute atomic E-state index is 0.154. The van der Waals surface area contributed by atoms with Gasteiger partial charge in [0.05, 0.1) is 18.1 Å². The Balaban J connectivity index is 2.76. The van der Waals surface area contributed by atoms with E-state index < -0.39 is 11.9 Å². The summed E-state index contributed by atoms with van der Waals surface area (Å²) in [5.41, 5.74) is 0.326. The Bertz CT molecular complexity index is 384. The third kappa shape index (κ3) is 4.96. The van der Waals surface area contributed by atoms with E-state index in [0.717, 1.165) is 19.3 Å². The molecule has 5 heteroatoms. The Kier molecular flexibility index (Phi) is 6.71. The monoisotopic (exact) mass is 284 g/mol. The van der Waals surface area contributed by atoms with E-state index in [2.05, 4.69) is 13.8 Å². The Morgan fingerprint density at radius 2 is 2.15 bits per heavy atom. The summed E-state index contributed by atoms with van der Waals surface area (Å²) >= 11 is 0. The summed E-state index contributed by atoms with van der Waals surface area (Å²) in [6, 6.07) is 0. The molecule has 114 valence electrons. The van der Waals surface area contributed by atoms with Gasteiger partial charge in [0.2, 0.25) is 0 Å². The van der Waals surface area contributed by atoms with Crippen LogP contribution in [0.25, 0.3) is 0 Å². The van der Waals surface area contributed by atoms with E-state index in [-0.39, 0.29) is 19.1 Å². The van der Waals surface area contributed by atoms with Crippen molar-refractivity contribution in [3.8, 4) is 0 Å². The van der Waals surface area contributed by atoms with E-state index in [4.69, 9.17) is 9.47 Å². The Morgan fingerprint density at radius 3 is 2.70 bits per heavy atom. The SMILES string of the molecule is CC(=O)O/C(CCCCC(C)C)=C1/C(=O)OC[C@@H]1CO. The Labute approximate surface area is 119 Å².